The lowest BCUT2D eigenvalue weighted by atomic mass is 10.0. The molecule has 0 aromatic heterocycles. The average Bonchev–Trinajstić information content (AvgIpc) is 2.74. The van der Waals surface area contributed by atoms with E-state index in [1.807, 2.05) is 0 Å². The maximum atomic E-state index is 6.62. The van der Waals surface area contributed by atoms with Gasteiger partial charge in [-0.2, -0.15) is 0 Å². The van der Waals surface area contributed by atoms with E-state index in [0.29, 0.717) is 0 Å². The molecule has 0 bridgehead atoms. The molecule has 31 heavy (non-hydrogen) atoms. The number of benzene rings is 1. The molecule has 1 rings (SSSR count). The van der Waals surface area contributed by atoms with Crippen molar-refractivity contribution in [2.45, 2.75) is 116 Å². The first kappa shape index (κ1) is 30.1. The van der Waals surface area contributed by atoms with Crippen LogP contribution in [0.5, 0.6) is 0 Å². The fourth-order valence-corrected chi connectivity index (χ4v) is 4.24. The summed E-state index contributed by atoms with van der Waals surface area (Å²) in [5.41, 5.74) is 1.46. The van der Waals surface area contributed by atoms with Crippen molar-refractivity contribution in [2.75, 3.05) is 20.6 Å². The highest BCUT2D eigenvalue weighted by molar-refractivity contribution is 5.13. The Morgan fingerprint density at radius 1 is 0.613 bits per heavy atom. The molecule has 0 fully saturated rings. The molecule has 4 nitrogen and oxygen atoms in total. The summed E-state index contributed by atoms with van der Waals surface area (Å²) in [5, 5.41) is 15.5. The molecule has 0 radical (unpaired) electrons. The van der Waals surface area contributed by atoms with Gasteiger partial charge in [-0.3, -0.25) is 0 Å². The van der Waals surface area contributed by atoms with Crippen LogP contribution in [0.15, 0.2) is 30.3 Å². The predicted molar refractivity (Wildman–Crippen MR) is 133 cm³/mol. The van der Waals surface area contributed by atoms with Gasteiger partial charge in [0.1, 0.15) is 6.54 Å². The molecule has 4 heteroatoms. The first-order valence-corrected chi connectivity index (χ1v) is 12.9. The van der Waals surface area contributed by atoms with E-state index in [4.69, 9.17) is 10.5 Å². The van der Waals surface area contributed by atoms with Crippen molar-refractivity contribution >= 4 is 0 Å². The molecule has 0 atom stereocenters. The minimum atomic E-state index is 1.11. The second kappa shape index (κ2) is 22.3. The summed E-state index contributed by atoms with van der Waals surface area (Å²) in [6.45, 7) is 4.75. The van der Waals surface area contributed by atoms with Crippen LogP contribution < -0.4 is 0 Å². The van der Waals surface area contributed by atoms with Gasteiger partial charge in [-0.15, -0.1) is 0 Å². The van der Waals surface area contributed by atoms with Crippen LogP contribution in [0, 0.1) is 0 Å². The maximum absolute atomic E-state index is 6.62. The first-order valence-electron chi connectivity index (χ1n) is 12.9. The lowest BCUT2D eigenvalue weighted by Crippen LogP contribution is -2.39. The van der Waals surface area contributed by atoms with E-state index in [0.717, 1.165) is 11.0 Å². The summed E-state index contributed by atoms with van der Waals surface area (Å²) in [4.78, 5) is 0. The minimum Gasteiger partial charge on any atom is -0.325 e. The molecule has 0 spiro atoms. The van der Waals surface area contributed by atoms with E-state index in [9.17, 15) is 0 Å². The van der Waals surface area contributed by atoms with Crippen molar-refractivity contribution < 1.29 is 20.0 Å². The van der Waals surface area contributed by atoms with Crippen LogP contribution in [0.2, 0.25) is 0 Å². The van der Waals surface area contributed by atoms with Crippen LogP contribution in [-0.2, 0) is 11.6 Å². The highest BCUT2D eigenvalue weighted by atomic mass is 17.4. The Morgan fingerprint density at radius 2 is 0.968 bits per heavy atom. The fourth-order valence-electron chi connectivity index (χ4n) is 4.24. The number of hydrogen-bond donors (Lipinski definition) is 2. The SMILES string of the molecule is CCCCCCCCCCCCCCCCCC[N+](C)(C)Cc1ccccc1.OOO. The molecule has 182 valence electrons. The number of rotatable bonds is 19. The lowest BCUT2D eigenvalue weighted by molar-refractivity contribution is -0.903. The van der Waals surface area contributed by atoms with Gasteiger partial charge in [-0.25, -0.2) is 10.5 Å². The van der Waals surface area contributed by atoms with E-state index in [1.165, 1.54) is 115 Å². The Labute approximate surface area is 193 Å². The molecule has 0 aliphatic carbocycles. The predicted octanol–water partition coefficient (Wildman–Crippen LogP) is 8.47. The minimum absolute atomic E-state index is 1.11. The van der Waals surface area contributed by atoms with Crippen molar-refractivity contribution in [1.82, 2.24) is 0 Å². The standard InChI is InChI=1S/C27H50N.H2O3/c1-4-5-6-7-8-9-10-11-12-13-14-15-16-17-18-22-25-28(2,3)26-27-23-20-19-21-24-27;1-3-2/h19-21,23-24H,4-18,22,25-26H2,1-3H3;1-2H/q+1;. The van der Waals surface area contributed by atoms with Gasteiger partial charge in [0.05, 0.1) is 20.6 Å². The third kappa shape index (κ3) is 22.1. The summed E-state index contributed by atoms with van der Waals surface area (Å²) in [6.07, 6.45) is 23.2. The largest absolute Gasteiger partial charge is 0.325 e. The summed E-state index contributed by atoms with van der Waals surface area (Å²) >= 11 is 0. The Bertz CT molecular complexity index is 465. The Balaban J connectivity index is 0.00000282. The molecular formula is C27H52NO3+. The summed E-state index contributed by atoms with van der Waals surface area (Å²) in [7, 11) is 4.75. The van der Waals surface area contributed by atoms with Crippen molar-refractivity contribution in [3.63, 3.8) is 0 Å². The molecule has 0 aliphatic rings. The third-order valence-corrected chi connectivity index (χ3v) is 6.07. The Morgan fingerprint density at radius 3 is 1.35 bits per heavy atom. The van der Waals surface area contributed by atoms with Crippen LogP contribution in [0.25, 0.3) is 0 Å². The van der Waals surface area contributed by atoms with Gasteiger partial charge in [-0.1, -0.05) is 132 Å². The zero-order valence-electron chi connectivity index (χ0n) is 20.9. The van der Waals surface area contributed by atoms with E-state index >= 15 is 0 Å². The van der Waals surface area contributed by atoms with Crippen molar-refractivity contribution in [1.29, 1.82) is 0 Å². The number of quaternary nitrogens is 1. The summed E-state index contributed by atoms with van der Waals surface area (Å²) < 4.78 is 1.11. The van der Waals surface area contributed by atoms with Gasteiger partial charge < -0.3 is 4.48 Å². The number of hydrogen-bond acceptors (Lipinski definition) is 3. The zero-order chi connectivity index (χ0) is 23.0. The van der Waals surface area contributed by atoms with Gasteiger partial charge in [0, 0.05) is 5.56 Å². The van der Waals surface area contributed by atoms with Crippen molar-refractivity contribution in [2.24, 2.45) is 0 Å². The average molecular weight is 439 g/mol. The second-order valence-corrected chi connectivity index (χ2v) is 9.69. The smallest absolute Gasteiger partial charge is 0.104 e. The molecule has 1 aromatic rings. The third-order valence-electron chi connectivity index (χ3n) is 6.07. The van der Waals surface area contributed by atoms with E-state index in [2.05, 4.69) is 56.4 Å². The quantitative estimate of drug-likeness (QED) is 0.0985. The molecule has 0 unspecified atom stereocenters. The van der Waals surface area contributed by atoms with E-state index < -0.39 is 0 Å². The van der Waals surface area contributed by atoms with Gasteiger partial charge in [0.15, 0.2) is 0 Å². The monoisotopic (exact) mass is 438 g/mol. The van der Waals surface area contributed by atoms with Gasteiger partial charge in [-0.05, 0) is 12.8 Å². The first-order chi connectivity index (χ1) is 15.1. The van der Waals surface area contributed by atoms with Crippen LogP contribution in [0.4, 0.5) is 0 Å². The topological polar surface area (TPSA) is 49.7 Å². The second-order valence-electron chi connectivity index (χ2n) is 9.69. The highest BCUT2D eigenvalue weighted by Crippen LogP contribution is 2.15. The van der Waals surface area contributed by atoms with Gasteiger partial charge >= 0.3 is 0 Å². The maximum Gasteiger partial charge on any atom is 0.104 e. The van der Waals surface area contributed by atoms with Crippen molar-refractivity contribution in [3.8, 4) is 0 Å². The van der Waals surface area contributed by atoms with Crippen molar-refractivity contribution in [3.05, 3.63) is 35.9 Å². The fraction of sp³-hybridized carbons (Fsp3) is 0.778. The molecule has 0 amide bonds. The molecule has 2 N–H and O–H groups in total. The van der Waals surface area contributed by atoms with Gasteiger partial charge in [0.25, 0.3) is 0 Å². The van der Waals surface area contributed by atoms with Gasteiger partial charge in [0.2, 0.25) is 0 Å². The van der Waals surface area contributed by atoms with Crippen LogP contribution >= 0.6 is 0 Å². The van der Waals surface area contributed by atoms with E-state index in [1.54, 1.807) is 0 Å². The lowest BCUT2D eigenvalue weighted by Gasteiger charge is -2.30. The highest BCUT2D eigenvalue weighted by Gasteiger charge is 2.14. The molecule has 0 heterocycles. The zero-order valence-corrected chi connectivity index (χ0v) is 20.9. The molecule has 0 saturated carbocycles. The van der Waals surface area contributed by atoms with Crippen LogP contribution in [0.1, 0.15) is 115 Å². The summed E-state index contributed by atoms with van der Waals surface area (Å²) in [6, 6.07) is 10.9. The molecule has 1 aromatic carbocycles. The van der Waals surface area contributed by atoms with Crippen LogP contribution in [-0.4, -0.2) is 35.6 Å². The number of nitrogens with zero attached hydrogens (tertiary/aromatic N) is 1. The molecule has 0 saturated heterocycles. The van der Waals surface area contributed by atoms with E-state index in [-0.39, 0.29) is 0 Å². The normalized spacial score (nSPS) is 11.3. The number of unbranched alkanes of at least 4 members (excludes halogenated alkanes) is 15. The molecule has 0 aliphatic heterocycles. The summed E-state index contributed by atoms with van der Waals surface area (Å²) in [5.74, 6) is 0. The Kier molecular flexibility index (Phi) is 21.6. The molecular weight excluding hydrogens is 386 g/mol. The Hall–Kier alpha value is -0.940. The van der Waals surface area contributed by atoms with Crippen LogP contribution in [0.3, 0.4) is 0 Å².